The maximum atomic E-state index is 11.9. The lowest BCUT2D eigenvalue weighted by Gasteiger charge is -2.37. The topological polar surface area (TPSA) is 55.6 Å². The van der Waals surface area contributed by atoms with Crippen LogP contribution in [0.1, 0.15) is 32.1 Å². The molecule has 15 heavy (non-hydrogen) atoms. The third-order valence-electron chi connectivity index (χ3n) is 3.40. The van der Waals surface area contributed by atoms with Gasteiger partial charge in [0.15, 0.2) is 0 Å². The van der Waals surface area contributed by atoms with E-state index in [4.69, 9.17) is 10.5 Å². The summed E-state index contributed by atoms with van der Waals surface area (Å²) >= 11 is 0. The van der Waals surface area contributed by atoms with Crippen molar-refractivity contribution in [2.75, 3.05) is 19.7 Å². The van der Waals surface area contributed by atoms with Gasteiger partial charge >= 0.3 is 0 Å². The third-order valence-corrected chi connectivity index (χ3v) is 3.40. The molecule has 1 heterocycles. The second-order valence-corrected chi connectivity index (χ2v) is 4.39. The smallest absolute Gasteiger partial charge is 0.223 e. The summed E-state index contributed by atoms with van der Waals surface area (Å²) in [4.78, 5) is 13.9. The minimum atomic E-state index is 0.264. The second kappa shape index (κ2) is 4.94. The Labute approximate surface area is 90.8 Å². The summed E-state index contributed by atoms with van der Waals surface area (Å²) in [7, 11) is 0. The van der Waals surface area contributed by atoms with Gasteiger partial charge in [0.1, 0.15) is 0 Å². The molecule has 4 heteroatoms. The van der Waals surface area contributed by atoms with Gasteiger partial charge in [0.2, 0.25) is 5.91 Å². The average Bonchev–Trinajstić information content (AvgIpc) is 2.73. The first kappa shape index (κ1) is 10.9. The van der Waals surface area contributed by atoms with E-state index in [1.165, 1.54) is 6.42 Å². The summed E-state index contributed by atoms with van der Waals surface area (Å²) < 4.78 is 5.67. The molecule has 2 fully saturated rings. The van der Waals surface area contributed by atoms with Crippen molar-refractivity contribution >= 4 is 5.91 Å². The van der Waals surface area contributed by atoms with Crippen LogP contribution in [0.15, 0.2) is 0 Å². The second-order valence-electron chi connectivity index (χ2n) is 4.39. The van der Waals surface area contributed by atoms with E-state index in [-0.39, 0.29) is 5.91 Å². The van der Waals surface area contributed by atoms with E-state index in [2.05, 4.69) is 0 Å². The summed E-state index contributed by atoms with van der Waals surface area (Å²) in [5, 5.41) is 0. The van der Waals surface area contributed by atoms with Crippen LogP contribution in [0.5, 0.6) is 0 Å². The first-order valence-electron chi connectivity index (χ1n) is 5.94. The van der Waals surface area contributed by atoms with E-state index in [9.17, 15) is 4.79 Å². The van der Waals surface area contributed by atoms with Gasteiger partial charge in [-0.25, -0.2) is 0 Å². The highest BCUT2D eigenvalue weighted by Crippen LogP contribution is 2.29. The third kappa shape index (κ3) is 2.32. The predicted octanol–water partition coefficient (Wildman–Crippen LogP) is 0.505. The van der Waals surface area contributed by atoms with Crippen LogP contribution in [0.2, 0.25) is 0 Å². The molecule has 86 valence electrons. The summed E-state index contributed by atoms with van der Waals surface area (Å²) in [5.74, 6) is 0.264. The fourth-order valence-corrected chi connectivity index (χ4v) is 2.63. The molecule has 2 rings (SSSR count). The summed E-state index contributed by atoms with van der Waals surface area (Å²) in [6.07, 6.45) is 5.12. The molecule has 2 N–H and O–H groups in total. The normalized spacial score (nSPS) is 30.3. The molecule has 4 nitrogen and oxygen atoms in total. The number of nitrogens with two attached hydrogens (primary N) is 1. The van der Waals surface area contributed by atoms with Gasteiger partial charge < -0.3 is 15.4 Å². The first-order valence-corrected chi connectivity index (χ1v) is 5.94. The van der Waals surface area contributed by atoms with Crippen LogP contribution in [0.25, 0.3) is 0 Å². The van der Waals surface area contributed by atoms with Gasteiger partial charge in [-0.3, -0.25) is 4.79 Å². The van der Waals surface area contributed by atoms with E-state index in [1.807, 2.05) is 4.90 Å². The Morgan fingerprint density at radius 3 is 3.13 bits per heavy atom. The van der Waals surface area contributed by atoms with E-state index >= 15 is 0 Å². The molecule has 1 saturated heterocycles. The molecule has 1 saturated carbocycles. The number of hydrogen-bond acceptors (Lipinski definition) is 3. The molecule has 0 bridgehead atoms. The number of nitrogens with zero attached hydrogens (tertiary/aromatic N) is 1. The molecular weight excluding hydrogens is 192 g/mol. The molecule has 2 unspecified atom stereocenters. The lowest BCUT2D eigenvalue weighted by molar-refractivity contribution is -0.144. The molecule has 0 aromatic heterocycles. The van der Waals surface area contributed by atoms with Gasteiger partial charge in [-0.1, -0.05) is 0 Å². The van der Waals surface area contributed by atoms with Crippen LogP contribution in [0.4, 0.5) is 0 Å². The highest BCUT2D eigenvalue weighted by Gasteiger charge is 2.37. The molecule has 1 amide bonds. The van der Waals surface area contributed by atoms with Crippen LogP contribution in [-0.2, 0) is 9.53 Å². The van der Waals surface area contributed by atoms with Crippen LogP contribution < -0.4 is 5.73 Å². The summed E-state index contributed by atoms with van der Waals surface area (Å²) in [6.45, 7) is 2.07. The minimum absolute atomic E-state index is 0.264. The van der Waals surface area contributed by atoms with Gasteiger partial charge in [0.25, 0.3) is 0 Å². The van der Waals surface area contributed by atoms with Crippen LogP contribution in [0.3, 0.4) is 0 Å². The molecule has 0 aromatic rings. The monoisotopic (exact) mass is 212 g/mol. The van der Waals surface area contributed by atoms with Crippen molar-refractivity contribution in [3.63, 3.8) is 0 Å². The molecule has 0 aromatic carbocycles. The number of hydrogen-bond donors (Lipinski definition) is 1. The Hall–Kier alpha value is -0.610. The zero-order valence-corrected chi connectivity index (χ0v) is 9.15. The highest BCUT2D eigenvalue weighted by molar-refractivity contribution is 5.76. The van der Waals surface area contributed by atoms with Crippen molar-refractivity contribution in [2.45, 2.75) is 44.2 Å². The highest BCUT2D eigenvalue weighted by atomic mass is 16.5. The molecule has 1 aliphatic carbocycles. The van der Waals surface area contributed by atoms with Crippen molar-refractivity contribution in [1.82, 2.24) is 4.90 Å². The molecule has 0 radical (unpaired) electrons. The molecule has 2 atom stereocenters. The zero-order chi connectivity index (χ0) is 10.7. The number of morpholine rings is 1. The quantitative estimate of drug-likeness (QED) is 0.741. The fourth-order valence-electron chi connectivity index (χ4n) is 2.63. The average molecular weight is 212 g/mol. The molecule has 2 aliphatic rings. The van der Waals surface area contributed by atoms with Crippen molar-refractivity contribution in [1.29, 1.82) is 0 Å². The largest absolute Gasteiger partial charge is 0.374 e. The van der Waals surface area contributed by atoms with E-state index in [1.54, 1.807) is 0 Å². The molecule has 1 aliphatic heterocycles. The van der Waals surface area contributed by atoms with Crippen LogP contribution in [-0.4, -0.2) is 42.6 Å². The number of carbonyl (C=O) groups excluding carboxylic acids is 1. The van der Waals surface area contributed by atoms with Crippen LogP contribution >= 0.6 is 0 Å². The first-order chi connectivity index (χ1) is 7.33. The van der Waals surface area contributed by atoms with E-state index in [0.29, 0.717) is 31.7 Å². The standard InChI is InChI=1S/C11H20N2O2/c12-6-2-5-11(14)13-7-8-15-10-4-1-3-9(10)13/h9-10H,1-8,12H2. The Balaban J connectivity index is 1.92. The van der Waals surface area contributed by atoms with Crippen LogP contribution in [0, 0.1) is 0 Å². The van der Waals surface area contributed by atoms with Gasteiger partial charge in [0, 0.05) is 13.0 Å². The van der Waals surface area contributed by atoms with Gasteiger partial charge in [0.05, 0.1) is 18.8 Å². The SMILES string of the molecule is NCCCC(=O)N1CCOC2CCCC21. The maximum Gasteiger partial charge on any atom is 0.223 e. The van der Waals surface area contributed by atoms with E-state index in [0.717, 1.165) is 25.8 Å². The lowest BCUT2D eigenvalue weighted by Crippen LogP contribution is -2.51. The lowest BCUT2D eigenvalue weighted by atomic mass is 10.1. The van der Waals surface area contributed by atoms with Gasteiger partial charge in [-0.2, -0.15) is 0 Å². The van der Waals surface area contributed by atoms with Gasteiger partial charge in [-0.15, -0.1) is 0 Å². The Morgan fingerprint density at radius 1 is 1.47 bits per heavy atom. The zero-order valence-electron chi connectivity index (χ0n) is 9.15. The molecular formula is C11H20N2O2. The number of rotatable bonds is 3. The number of ether oxygens (including phenoxy) is 1. The summed E-state index contributed by atoms with van der Waals surface area (Å²) in [5.41, 5.74) is 5.42. The number of carbonyl (C=O) groups is 1. The predicted molar refractivity (Wildman–Crippen MR) is 57.4 cm³/mol. The number of fused-ring (bicyclic) bond motifs is 1. The fraction of sp³-hybridized carbons (Fsp3) is 0.909. The Kier molecular flexibility index (Phi) is 3.59. The van der Waals surface area contributed by atoms with E-state index < -0.39 is 0 Å². The van der Waals surface area contributed by atoms with Crippen molar-refractivity contribution < 1.29 is 9.53 Å². The minimum Gasteiger partial charge on any atom is -0.374 e. The van der Waals surface area contributed by atoms with Gasteiger partial charge in [-0.05, 0) is 32.2 Å². The molecule has 0 spiro atoms. The summed E-state index contributed by atoms with van der Waals surface area (Å²) in [6, 6.07) is 0.351. The van der Waals surface area contributed by atoms with Crippen molar-refractivity contribution in [3.05, 3.63) is 0 Å². The Bertz CT molecular complexity index is 233. The Morgan fingerprint density at radius 2 is 2.33 bits per heavy atom. The maximum absolute atomic E-state index is 11.9. The van der Waals surface area contributed by atoms with Crippen molar-refractivity contribution in [2.24, 2.45) is 5.73 Å². The number of amides is 1. The van der Waals surface area contributed by atoms with Crippen molar-refractivity contribution in [3.8, 4) is 0 Å².